The number of carbonyl (C=O) groups is 1. The van der Waals surface area contributed by atoms with Gasteiger partial charge >= 0.3 is 0 Å². The van der Waals surface area contributed by atoms with Crippen molar-refractivity contribution in [1.29, 1.82) is 0 Å². The molecule has 0 bridgehead atoms. The van der Waals surface area contributed by atoms with E-state index in [0.29, 0.717) is 19.0 Å². The number of morpholine rings is 1. The fourth-order valence-electron chi connectivity index (χ4n) is 3.15. The lowest BCUT2D eigenvalue weighted by Gasteiger charge is -2.35. The molecule has 0 radical (unpaired) electrons. The molecule has 0 N–H and O–H groups in total. The largest absolute Gasteiger partial charge is 0.372 e. The molecule has 1 aliphatic heterocycles. The number of hydrogen-bond acceptors (Lipinski definition) is 3. The number of carbonyl (C=O) groups excluding carboxylic acids is 1. The zero-order valence-electron chi connectivity index (χ0n) is 14.3. The monoisotopic (exact) mass is 305 g/mol. The van der Waals surface area contributed by atoms with Crippen LogP contribution in [-0.4, -0.2) is 45.9 Å². The molecule has 0 spiro atoms. The van der Waals surface area contributed by atoms with Crippen LogP contribution in [0.2, 0.25) is 0 Å². The lowest BCUT2D eigenvalue weighted by Crippen LogP contribution is -2.49. The van der Waals surface area contributed by atoms with Crippen molar-refractivity contribution in [2.45, 2.75) is 71.1 Å². The highest BCUT2D eigenvalue weighted by atomic mass is 16.5. The van der Waals surface area contributed by atoms with E-state index in [1.807, 2.05) is 29.5 Å². The molecule has 5 heteroatoms. The number of ether oxygens (including phenoxy) is 1. The first-order chi connectivity index (χ1) is 10.3. The normalized spacial score (nSPS) is 26.3. The molecule has 1 saturated heterocycles. The third kappa shape index (κ3) is 3.05. The van der Waals surface area contributed by atoms with Gasteiger partial charge in [0.15, 0.2) is 0 Å². The molecular formula is C17H27N3O2. The second kappa shape index (κ2) is 5.37. The van der Waals surface area contributed by atoms with Crippen molar-refractivity contribution in [1.82, 2.24) is 14.7 Å². The second-order valence-electron chi connectivity index (χ2n) is 7.78. The Morgan fingerprint density at radius 1 is 1.23 bits per heavy atom. The highest BCUT2D eigenvalue weighted by Crippen LogP contribution is 2.40. The van der Waals surface area contributed by atoms with Crippen LogP contribution in [0.3, 0.4) is 0 Å². The first-order valence-corrected chi connectivity index (χ1v) is 8.31. The summed E-state index contributed by atoms with van der Waals surface area (Å²) in [7, 11) is 0. The second-order valence-corrected chi connectivity index (χ2v) is 7.78. The van der Waals surface area contributed by atoms with Gasteiger partial charge in [-0.15, -0.1) is 0 Å². The fourth-order valence-corrected chi connectivity index (χ4v) is 3.15. The van der Waals surface area contributed by atoms with E-state index in [1.165, 1.54) is 12.8 Å². The van der Waals surface area contributed by atoms with Crippen LogP contribution < -0.4 is 0 Å². The lowest BCUT2D eigenvalue weighted by molar-refractivity contribution is -0.0589. The van der Waals surface area contributed by atoms with Crippen molar-refractivity contribution in [3.05, 3.63) is 17.5 Å². The highest BCUT2D eigenvalue weighted by molar-refractivity contribution is 5.93. The first kappa shape index (κ1) is 15.5. The van der Waals surface area contributed by atoms with Gasteiger partial charge in [0.25, 0.3) is 5.91 Å². The number of rotatable bonds is 2. The molecule has 1 saturated carbocycles. The van der Waals surface area contributed by atoms with E-state index in [4.69, 9.17) is 9.84 Å². The summed E-state index contributed by atoms with van der Waals surface area (Å²) in [6, 6.07) is 2.01. The van der Waals surface area contributed by atoms with Gasteiger partial charge in [-0.25, -0.2) is 0 Å². The van der Waals surface area contributed by atoms with Crippen LogP contribution in [0.5, 0.6) is 0 Å². The summed E-state index contributed by atoms with van der Waals surface area (Å²) in [6.07, 6.45) is 2.56. The Balaban J connectivity index is 1.90. The van der Waals surface area contributed by atoms with Gasteiger partial charge in [-0.05, 0) is 53.5 Å². The van der Waals surface area contributed by atoms with Gasteiger partial charge in [0.1, 0.15) is 5.69 Å². The van der Waals surface area contributed by atoms with Gasteiger partial charge in [0, 0.05) is 19.0 Å². The minimum atomic E-state index is -0.193. The third-order valence-electron chi connectivity index (χ3n) is 4.29. The average molecular weight is 305 g/mol. The molecule has 2 fully saturated rings. The van der Waals surface area contributed by atoms with Crippen LogP contribution in [0.15, 0.2) is 6.07 Å². The molecule has 5 nitrogen and oxygen atoms in total. The Labute approximate surface area is 132 Å². The standard InChI is InChI=1S/C17H27N3O2/c1-11-9-19(10-12(2)22-11)16(21)15-8-14(13-6-7-13)18-20(15)17(3,4)5/h8,11-13H,6-7,9-10H2,1-5H3/t11-,12+. The third-order valence-corrected chi connectivity index (χ3v) is 4.29. The maximum Gasteiger partial charge on any atom is 0.272 e. The molecule has 0 unspecified atom stereocenters. The highest BCUT2D eigenvalue weighted by Gasteiger charge is 2.34. The van der Waals surface area contributed by atoms with Crippen LogP contribution >= 0.6 is 0 Å². The fraction of sp³-hybridized carbons (Fsp3) is 0.765. The van der Waals surface area contributed by atoms with Crippen molar-refractivity contribution in [2.75, 3.05) is 13.1 Å². The minimum Gasteiger partial charge on any atom is -0.372 e. The van der Waals surface area contributed by atoms with Gasteiger partial charge in [-0.2, -0.15) is 5.10 Å². The van der Waals surface area contributed by atoms with E-state index in [1.54, 1.807) is 0 Å². The summed E-state index contributed by atoms with van der Waals surface area (Å²) in [6.45, 7) is 11.6. The van der Waals surface area contributed by atoms with Crippen molar-refractivity contribution in [2.24, 2.45) is 0 Å². The van der Waals surface area contributed by atoms with Gasteiger partial charge in [-0.1, -0.05) is 0 Å². The maximum absolute atomic E-state index is 13.0. The quantitative estimate of drug-likeness (QED) is 0.844. The topological polar surface area (TPSA) is 47.4 Å². The zero-order valence-corrected chi connectivity index (χ0v) is 14.3. The van der Waals surface area contributed by atoms with E-state index in [-0.39, 0.29) is 23.7 Å². The molecule has 1 amide bonds. The van der Waals surface area contributed by atoms with E-state index < -0.39 is 0 Å². The van der Waals surface area contributed by atoms with E-state index in [9.17, 15) is 4.79 Å². The van der Waals surface area contributed by atoms with Crippen LogP contribution in [0.4, 0.5) is 0 Å². The lowest BCUT2D eigenvalue weighted by atomic mass is 10.1. The van der Waals surface area contributed by atoms with E-state index in [2.05, 4.69) is 20.8 Å². The Bertz CT molecular complexity index is 559. The van der Waals surface area contributed by atoms with Crippen LogP contribution in [0, 0.1) is 0 Å². The van der Waals surface area contributed by atoms with Gasteiger partial charge < -0.3 is 9.64 Å². The predicted octanol–water partition coefficient (Wildman–Crippen LogP) is 2.76. The number of hydrogen-bond donors (Lipinski definition) is 0. The van der Waals surface area contributed by atoms with Crippen molar-refractivity contribution < 1.29 is 9.53 Å². The zero-order chi connectivity index (χ0) is 16.1. The summed E-state index contributed by atoms with van der Waals surface area (Å²) in [5.74, 6) is 0.633. The Morgan fingerprint density at radius 2 is 1.82 bits per heavy atom. The summed E-state index contributed by atoms with van der Waals surface area (Å²) in [4.78, 5) is 14.9. The van der Waals surface area contributed by atoms with Crippen molar-refractivity contribution in [3.63, 3.8) is 0 Å². The van der Waals surface area contributed by atoms with E-state index >= 15 is 0 Å². The Morgan fingerprint density at radius 3 is 2.32 bits per heavy atom. The number of nitrogens with zero attached hydrogens (tertiary/aromatic N) is 3. The molecule has 2 atom stereocenters. The molecule has 1 aromatic heterocycles. The summed E-state index contributed by atoms with van der Waals surface area (Å²) >= 11 is 0. The summed E-state index contributed by atoms with van der Waals surface area (Å²) < 4.78 is 7.65. The Kier molecular flexibility index (Phi) is 3.79. The van der Waals surface area contributed by atoms with Crippen molar-refractivity contribution in [3.8, 4) is 0 Å². The van der Waals surface area contributed by atoms with Gasteiger partial charge in [-0.3, -0.25) is 9.48 Å². The molecule has 0 aromatic carbocycles. The maximum atomic E-state index is 13.0. The molecule has 1 aromatic rings. The first-order valence-electron chi connectivity index (χ1n) is 8.31. The van der Waals surface area contributed by atoms with Crippen molar-refractivity contribution >= 4 is 5.91 Å². The molecule has 2 heterocycles. The van der Waals surface area contributed by atoms with E-state index in [0.717, 1.165) is 11.4 Å². The molecule has 3 rings (SSSR count). The number of aromatic nitrogens is 2. The SMILES string of the molecule is C[C@@H]1CN(C(=O)c2cc(C3CC3)nn2C(C)(C)C)C[C@H](C)O1. The smallest absolute Gasteiger partial charge is 0.272 e. The minimum absolute atomic E-state index is 0.0799. The summed E-state index contributed by atoms with van der Waals surface area (Å²) in [5, 5.41) is 4.74. The average Bonchev–Trinajstić information content (AvgIpc) is 3.14. The molecule has 2 aliphatic rings. The van der Waals surface area contributed by atoms with Crippen LogP contribution in [-0.2, 0) is 10.3 Å². The van der Waals surface area contributed by atoms with Gasteiger partial charge in [0.2, 0.25) is 0 Å². The molecule has 1 aliphatic carbocycles. The number of amides is 1. The molecule has 122 valence electrons. The van der Waals surface area contributed by atoms with Gasteiger partial charge in [0.05, 0.1) is 23.4 Å². The predicted molar refractivity (Wildman–Crippen MR) is 85.1 cm³/mol. The molecule has 22 heavy (non-hydrogen) atoms. The summed E-state index contributed by atoms with van der Waals surface area (Å²) in [5.41, 5.74) is 1.60. The Hall–Kier alpha value is -1.36. The van der Waals surface area contributed by atoms with Crippen LogP contribution in [0.1, 0.15) is 69.6 Å². The molecular weight excluding hydrogens is 278 g/mol. The van der Waals surface area contributed by atoms with Crippen LogP contribution in [0.25, 0.3) is 0 Å².